The minimum absolute atomic E-state index is 0.169. The van der Waals surface area contributed by atoms with E-state index >= 15 is 0 Å². The maximum absolute atomic E-state index is 11.8. The zero-order valence-electron chi connectivity index (χ0n) is 25.0. The topological polar surface area (TPSA) is 40.5 Å². The summed E-state index contributed by atoms with van der Waals surface area (Å²) in [5, 5.41) is 20.0. The van der Waals surface area contributed by atoms with Crippen LogP contribution < -0.4 is 0 Å². The molecule has 6 rings (SSSR count). The van der Waals surface area contributed by atoms with E-state index in [2.05, 4.69) is 63.2 Å². The normalized spacial score (nSPS) is 9.98. The molecule has 244 valence electrons. The van der Waals surface area contributed by atoms with Gasteiger partial charge in [-0.1, -0.05) is 18.2 Å². The Bertz CT molecular complexity index is 1530. The number of aromatic hydroxyl groups is 2. The third-order valence-corrected chi connectivity index (χ3v) is 5.62. The molecule has 2 radical (unpaired) electrons. The van der Waals surface area contributed by atoms with Gasteiger partial charge in [0, 0.05) is 0 Å². The van der Waals surface area contributed by atoms with Crippen LogP contribution in [0.1, 0.15) is 22.3 Å². The molecule has 0 atom stereocenters. The zero-order chi connectivity index (χ0) is 35.3. The predicted molar refractivity (Wildman–Crippen MR) is 173 cm³/mol. The molecule has 0 aromatic heterocycles. The number of halogens is 6. The second kappa shape index (κ2) is 21.5. The standard InChI is InChI=1S/C9H7.2C7H5F3O.2C7H7.Si.Zr/c1-2-5-9-7-3-6-8(9)4-1;2*8-7(9,10)5-1-3-6(11)4-2-5;2*1-7-5-3-2-4-6-7;;/h1-7H;2*1-4,11H;2*2-6H,1H2;;/q-1;;;2*-1;;. The van der Waals surface area contributed by atoms with Gasteiger partial charge in [0.05, 0.1) is 11.1 Å². The largest absolute Gasteiger partial charge is 0.168 e. The number of phenolic OH excluding ortho intramolecular Hbond substituents is 2. The fraction of sp³-hybridized carbons (Fsp3) is 0.0541. The van der Waals surface area contributed by atoms with Gasteiger partial charge in [0.1, 0.15) is 11.5 Å². The van der Waals surface area contributed by atoms with Crippen molar-refractivity contribution in [2.24, 2.45) is 0 Å². The molecule has 0 amide bonds. The first-order valence-electron chi connectivity index (χ1n) is 13.6. The first kappa shape index (κ1) is 40.8. The smallest absolute Gasteiger partial charge is 0.0809 e. The molecular weight excluding hydrogens is 710 g/mol. The van der Waals surface area contributed by atoms with E-state index in [-0.39, 0.29) is 11.5 Å². The Balaban J connectivity index is 0.000000293. The van der Waals surface area contributed by atoms with Crippen molar-refractivity contribution in [3.63, 3.8) is 0 Å². The maximum atomic E-state index is 11.8. The summed E-state index contributed by atoms with van der Waals surface area (Å²) < 4.78 is 71.0. The fourth-order valence-corrected chi connectivity index (χ4v) is 3.33. The van der Waals surface area contributed by atoms with Crippen molar-refractivity contribution in [1.82, 2.24) is 0 Å². The number of fused-ring (bicyclic) bond motifs is 1. The van der Waals surface area contributed by atoms with E-state index in [1.165, 1.54) is 34.1 Å². The van der Waals surface area contributed by atoms with Gasteiger partial charge < -0.3 is 10.2 Å². The summed E-state index contributed by atoms with van der Waals surface area (Å²) in [4.78, 5) is 0. The van der Waals surface area contributed by atoms with Gasteiger partial charge in [-0.3, -0.25) is 0 Å². The van der Waals surface area contributed by atoms with Gasteiger partial charge >= 0.3 is 42.6 Å². The van der Waals surface area contributed by atoms with E-state index in [0.717, 1.165) is 59.7 Å². The fourth-order valence-electron chi connectivity index (χ4n) is 3.33. The average molecular weight is 741 g/mol. The van der Waals surface area contributed by atoms with Gasteiger partial charge in [-0.2, -0.15) is 93.1 Å². The van der Waals surface area contributed by atoms with Crippen LogP contribution in [0.3, 0.4) is 0 Å². The number of phenols is 2. The Morgan fingerprint density at radius 2 is 0.830 bits per heavy atom. The molecule has 10 heteroatoms. The number of hydrogen-bond acceptors (Lipinski definition) is 2. The zero-order valence-corrected chi connectivity index (χ0v) is 28.5. The summed E-state index contributed by atoms with van der Waals surface area (Å²) in [5.41, 5.74) is 0.635. The molecule has 0 fully saturated rings. The second-order valence-corrected chi connectivity index (χ2v) is 9.22. The van der Waals surface area contributed by atoms with Crippen LogP contribution in [0.25, 0.3) is 10.8 Å². The van der Waals surface area contributed by atoms with Crippen molar-refractivity contribution in [3.8, 4) is 11.5 Å². The van der Waals surface area contributed by atoms with Gasteiger partial charge in [0.15, 0.2) is 0 Å². The molecule has 0 bridgehead atoms. The van der Waals surface area contributed by atoms with E-state index in [0.29, 0.717) is 0 Å². The molecule has 0 saturated carbocycles. The van der Waals surface area contributed by atoms with Crippen molar-refractivity contribution in [3.05, 3.63) is 188 Å². The van der Waals surface area contributed by atoms with Gasteiger partial charge in [0.25, 0.3) is 0 Å². The molecule has 2 nitrogen and oxygen atoms in total. The first-order valence-corrected chi connectivity index (χ1v) is 17.8. The number of hydrogen-bond donors (Lipinski definition) is 2. The molecule has 0 saturated heterocycles. The SMILES string of the molecule is Oc1ccc(C(F)(F)F)cc1.Oc1ccc(C(F)(F)F)cc1.[CH2-]c1ccccc1.[CH2-]c1ccccc1.[Si]=[Zr].c1ccc2[cH-]ccc2c1. The summed E-state index contributed by atoms with van der Waals surface area (Å²) in [5.74, 6) is -0.337. The Kier molecular flexibility index (Phi) is 18.7. The van der Waals surface area contributed by atoms with Gasteiger partial charge in [-0.05, 0) is 48.5 Å². The molecule has 0 spiro atoms. The molecule has 47 heavy (non-hydrogen) atoms. The van der Waals surface area contributed by atoms with Crippen LogP contribution in [0.15, 0.2) is 152 Å². The number of benzene rings is 5. The summed E-state index contributed by atoms with van der Waals surface area (Å²) in [6.07, 6.45) is -8.65. The van der Waals surface area contributed by atoms with Gasteiger partial charge in [0.2, 0.25) is 0 Å². The molecule has 6 aromatic carbocycles. The van der Waals surface area contributed by atoms with Crippen molar-refractivity contribution in [2.75, 3.05) is 0 Å². The Hall–Kier alpha value is -4.27. The van der Waals surface area contributed by atoms with Crippen molar-refractivity contribution in [2.45, 2.75) is 12.4 Å². The molecule has 0 aliphatic carbocycles. The second-order valence-electron chi connectivity index (χ2n) is 9.22. The predicted octanol–water partition coefficient (Wildman–Crippen LogP) is 10.7. The number of rotatable bonds is 0. The van der Waals surface area contributed by atoms with E-state index in [1.807, 2.05) is 60.7 Å². The molecule has 0 aliphatic rings. The van der Waals surface area contributed by atoms with E-state index in [9.17, 15) is 26.3 Å². The van der Waals surface area contributed by atoms with E-state index < -0.39 is 23.5 Å². The van der Waals surface area contributed by atoms with Crippen LogP contribution in [-0.2, 0) is 35.7 Å². The van der Waals surface area contributed by atoms with Crippen molar-refractivity contribution >= 4 is 17.7 Å². The quantitative estimate of drug-likeness (QED) is 0.0925. The maximum Gasteiger partial charge on any atom is -0.0809 e. The molecule has 0 aliphatic heterocycles. The minimum Gasteiger partial charge on any atom is -0.168 e. The Labute approximate surface area is 287 Å². The van der Waals surface area contributed by atoms with Crippen LogP contribution >= 0.6 is 0 Å². The van der Waals surface area contributed by atoms with Crippen LogP contribution in [0.4, 0.5) is 26.3 Å². The van der Waals surface area contributed by atoms with E-state index in [1.54, 1.807) is 0 Å². The van der Waals surface area contributed by atoms with Crippen molar-refractivity contribution < 1.29 is 59.9 Å². The Morgan fingerprint density at radius 1 is 0.489 bits per heavy atom. The molecular formula is C37H31F6O2SiZr-3. The van der Waals surface area contributed by atoms with Crippen LogP contribution in [-0.4, -0.2) is 17.1 Å². The minimum atomic E-state index is -4.33. The molecule has 2 N–H and O–H groups in total. The van der Waals surface area contributed by atoms with Crippen LogP contribution in [0, 0.1) is 13.8 Å². The average Bonchev–Trinajstić information content (AvgIpc) is 3.53. The summed E-state index contributed by atoms with van der Waals surface area (Å²) in [6, 6.07) is 41.7. The van der Waals surface area contributed by atoms with E-state index in [4.69, 9.17) is 10.2 Å². The van der Waals surface area contributed by atoms with Crippen LogP contribution in [0.2, 0.25) is 0 Å². The summed E-state index contributed by atoms with van der Waals surface area (Å²) in [6.45, 7) is 10.5. The molecule has 6 aromatic rings. The number of alkyl halides is 6. The van der Waals surface area contributed by atoms with Gasteiger partial charge in [-0.25, -0.2) is 0 Å². The third-order valence-electron chi connectivity index (χ3n) is 5.62. The molecule has 0 heterocycles. The Morgan fingerprint density at radius 3 is 1.13 bits per heavy atom. The first-order chi connectivity index (χ1) is 22.3. The third kappa shape index (κ3) is 17.9. The summed E-state index contributed by atoms with van der Waals surface area (Å²) >= 11 is 1.36. The van der Waals surface area contributed by atoms with Gasteiger partial charge in [-0.15, -0.1) is 53.9 Å². The summed E-state index contributed by atoms with van der Waals surface area (Å²) in [7, 11) is 0. The molecule has 0 unspecified atom stereocenters. The monoisotopic (exact) mass is 739 g/mol. The van der Waals surface area contributed by atoms with Crippen molar-refractivity contribution in [1.29, 1.82) is 0 Å². The van der Waals surface area contributed by atoms with Crippen LogP contribution in [0.5, 0.6) is 11.5 Å².